The fourth-order valence-electron chi connectivity index (χ4n) is 2.46. The SMILES string of the molecule is CCCCc1ccc(NS(=O)(=O)c2ccccc2OC(F)(F)F)c(C)c1. The first-order valence-electron chi connectivity index (χ1n) is 8.09. The summed E-state index contributed by atoms with van der Waals surface area (Å²) < 4.78 is 68.8. The van der Waals surface area contributed by atoms with Crippen LogP contribution in [0.4, 0.5) is 18.9 Å². The number of para-hydroxylation sites is 1. The first kappa shape index (κ1) is 20.1. The Kier molecular flexibility index (Phi) is 6.17. The van der Waals surface area contributed by atoms with Crippen molar-refractivity contribution in [1.82, 2.24) is 0 Å². The zero-order valence-corrected chi connectivity index (χ0v) is 15.2. The summed E-state index contributed by atoms with van der Waals surface area (Å²) in [5.74, 6) is -0.773. The summed E-state index contributed by atoms with van der Waals surface area (Å²) in [6.07, 6.45) is -2.04. The Hall–Kier alpha value is -2.22. The molecule has 26 heavy (non-hydrogen) atoms. The molecule has 2 rings (SSSR count). The van der Waals surface area contributed by atoms with Gasteiger partial charge in [0, 0.05) is 0 Å². The van der Waals surface area contributed by atoms with Gasteiger partial charge in [-0.1, -0.05) is 37.6 Å². The lowest BCUT2D eigenvalue weighted by molar-refractivity contribution is -0.275. The zero-order valence-electron chi connectivity index (χ0n) is 14.4. The molecule has 0 aliphatic rings. The average molecular weight is 387 g/mol. The Morgan fingerprint density at radius 3 is 2.42 bits per heavy atom. The predicted molar refractivity (Wildman–Crippen MR) is 93.7 cm³/mol. The third-order valence-corrected chi connectivity index (χ3v) is 5.12. The van der Waals surface area contributed by atoms with Gasteiger partial charge in [0.1, 0.15) is 10.6 Å². The van der Waals surface area contributed by atoms with Crippen LogP contribution in [0.2, 0.25) is 0 Å². The maximum atomic E-state index is 12.6. The van der Waals surface area contributed by atoms with Crippen LogP contribution in [0.3, 0.4) is 0 Å². The Morgan fingerprint density at radius 2 is 1.81 bits per heavy atom. The Bertz CT molecular complexity index is 864. The van der Waals surface area contributed by atoms with Crippen molar-refractivity contribution >= 4 is 15.7 Å². The van der Waals surface area contributed by atoms with Crippen LogP contribution in [0.25, 0.3) is 0 Å². The molecule has 0 saturated carbocycles. The molecule has 0 heterocycles. The normalized spacial score (nSPS) is 12.0. The lowest BCUT2D eigenvalue weighted by Crippen LogP contribution is -2.21. The van der Waals surface area contributed by atoms with Crippen molar-refractivity contribution in [3.8, 4) is 5.75 Å². The molecule has 1 N–H and O–H groups in total. The summed E-state index contributed by atoms with van der Waals surface area (Å²) >= 11 is 0. The molecule has 0 saturated heterocycles. The van der Waals surface area contributed by atoms with Crippen molar-refractivity contribution in [3.05, 3.63) is 53.6 Å². The minimum atomic E-state index is -4.98. The van der Waals surface area contributed by atoms with Gasteiger partial charge in [-0.15, -0.1) is 13.2 Å². The summed E-state index contributed by atoms with van der Waals surface area (Å²) in [6, 6.07) is 9.92. The highest BCUT2D eigenvalue weighted by atomic mass is 32.2. The van der Waals surface area contributed by atoms with E-state index in [9.17, 15) is 21.6 Å². The van der Waals surface area contributed by atoms with Crippen LogP contribution in [0, 0.1) is 6.92 Å². The van der Waals surface area contributed by atoms with Crippen LogP contribution in [0.15, 0.2) is 47.4 Å². The highest BCUT2D eigenvalue weighted by Crippen LogP contribution is 2.31. The van der Waals surface area contributed by atoms with Gasteiger partial charge < -0.3 is 4.74 Å². The van der Waals surface area contributed by atoms with Crippen LogP contribution in [0.1, 0.15) is 30.9 Å². The van der Waals surface area contributed by atoms with Crippen molar-refractivity contribution in [2.24, 2.45) is 0 Å². The van der Waals surface area contributed by atoms with Gasteiger partial charge in [0.15, 0.2) is 0 Å². The zero-order chi connectivity index (χ0) is 19.4. The third-order valence-electron chi connectivity index (χ3n) is 3.72. The fourth-order valence-corrected chi connectivity index (χ4v) is 3.72. The van der Waals surface area contributed by atoms with Crippen LogP contribution in [-0.2, 0) is 16.4 Å². The minimum Gasteiger partial charge on any atom is -0.404 e. The molecule has 0 aliphatic carbocycles. The second-order valence-corrected chi connectivity index (χ2v) is 7.50. The largest absolute Gasteiger partial charge is 0.573 e. The molecule has 0 fully saturated rings. The predicted octanol–water partition coefficient (Wildman–Crippen LogP) is 5.04. The summed E-state index contributed by atoms with van der Waals surface area (Å²) in [5, 5.41) is 0. The van der Waals surface area contributed by atoms with Crippen LogP contribution in [0.5, 0.6) is 5.75 Å². The van der Waals surface area contributed by atoms with E-state index in [4.69, 9.17) is 0 Å². The van der Waals surface area contributed by atoms with Crippen LogP contribution in [-0.4, -0.2) is 14.8 Å². The number of halogens is 3. The summed E-state index contributed by atoms with van der Waals surface area (Å²) in [4.78, 5) is -0.577. The lowest BCUT2D eigenvalue weighted by atomic mass is 10.1. The third kappa shape index (κ3) is 5.39. The molecule has 0 unspecified atom stereocenters. The van der Waals surface area contributed by atoms with Gasteiger partial charge in [0.25, 0.3) is 10.0 Å². The number of hydrogen-bond donors (Lipinski definition) is 1. The standard InChI is InChI=1S/C18H20F3NO3S/c1-3-4-7-14-10-11-15(13(2)12-14)22-26(23,24)17-9-6-5-8-16(17)25-18(19,20)21/h5-6,8-12,22H,3-4,7H2,1-2H3. The lowest BCUT2D eigenvalue weighted by Gasteiger charge is -2.15. The van der Waals surface area contributed by atoms with Gasteiger partial charge in [-0.05, 0) is 49.1 Å². The van der Waals surface area contributed by atoms with Crippen molar-refractivity contribution < 1.29 is 26.3 Å². The molecule has 0 aromatic heterocycles. The highest BCUT2D eigenvalue weighted by molar-refractivity contribution is 7.92. The van der Waals surface area contributed by atoms with Gasteiger partial charge >= 0.3 is 6.36 Å². The molecule has 2 aromatic rings. The fraction of sp³-hybridized carbons (Fsp3) is 0.333. The van der Waals surface area contributed by atoms with Gasteiger partial charge in [-0.2, -0.15) is 0 Å². The number of anilines is 1. The molecule has 2 aromatic carbocycles. The van der Waals surface area contributed by atoms with Crippen LogP contribution < -0.4 is 9.46 Å². The summed E-state index contributed by atoms with van der Waals surface area (Å²) in [7, 11) is -4.24. The second-order valence-electron chi connectivity index (χ2n) is 5.85. The maximum Gasteiger partial charge on any atom is 0.573 e. The monoisotopic (exact) mass is 387 g/mol. The number of rotatable bonds is 7. The molecule has 8 heteroatoms. The van der Waals surface area contributed by atoms with Gasteiger partial charge in [-0.3, -0.25) is 4.72 Å². The van der Waals surface area contributed by atoms with E-state index in [1.54, 1.807) is 19.1 Å². The maximum absolute atomic E-state index is 12.6. The van der Waals surface area contributed by atoms with Crippen molar-refractivity contribution in [2.45, 2.75) is 44.4 Å². The number of ether oxygens (including phenoxy) is 1. The minimum absolute atomic E-state index is 0.312. The van der Waals surface area contributed by atoms with Crippen molar-refractivity contribution in [2.75, 3.05) is 4.72 Å². The second kappa shape index (κ2) is 7.99. The quantitative estimate of drug-likeness (QED) is 0.724. The van der Waals surface area contributed by atoms with Crippen molar-refractivity contribution in [3.63, 3.8) is 0 Å². The molecule has 0 radical (unpaired) electrons. The van der Waals surface area contributed by atoms with E-state index in [-0.39, 0.29) is 0 Å². The van der Waals surface area contributed by atoms with E-state index in [1.807, 2.05) is 6.07 Å². The highest BCUT2D eigenvalue weighted by Gasteiger charge is 2.34. The number of hydrogen-bond acceptors (Lipinski definition) is 3. The van der Waals surface area contributed by atoms with Crippen molar-refractivity contribution in [1.29, 1.82) is 0 Å². The van der Waals surface area contributed by atoms with Crippen LogP contribution >= 0.6 is 0 Å². The van der Waals surface area contributed by atoms with E-state index in [0.29, 0.717) is 11.3 Å². The number of nitrogens with one attached hydrogen (secondary N) is 1. The molecule has 4 nitrogen and oxygen atoms in total. The Balaban J connectivity index is 2.30. The molecule has 0 amide bonds. The molecule has 142 valence electrons. The van der Waals surface area contributed by atoms with E-state index in [2.05, 4.69) is 16.4 Å². The number of unbranched alkanes of at least 4 members (excludes halogenated alkanes) is 1. The smallest absolute Gasteiger partial charge is 0.404 e. The number of alkyl halides is 3. The van der Waals surface area contributed by atoms with Gasteiger partial charge in [0.2, 0.25) is 0 Å². The number of aryl methyl sites for hydroxylation is 2. The molecular weight excluding hydrogens is 367 g/mol. The molecular formula is C18H20F3NO3S. The topological polar surface area (TPSA) is 55.4 Å². The Labute approximate surface area is 151 Å². The molecule has 0 spiro atoms. The van der Waals surface area contributed by atoms with Gasteiger partial charge in [-0.25, -0.2) is 8.42 Å². The molecule has 0 aliphatic heterocycles. The number of benzene rings is 2. The van der Waals surface area contributed by atoms with E-state index < -0.39 is 27.0 Å². The Morgan fingerprint density at radius 1 is 1.12 bits per heavy atom. The molecule has 0 atom stereocenters. The first-order chi connectivity index (χ1) is 12.1. The van der Waals surface area contributed by atoms with E-state index in [1.165, 1.54) is 12.1 Å². The average Bonchev–Trinajstić information content (AvgIpc) is 2.54. The summed E-state index contributed by atoms with van der Waals surface area (Å²) in [6.45, 7) is 3.82. The summed E-state index contributed by atoms with van der Waals surface area (Å²) in [5.41, 5.74) is 2.08. The van der Waals surface area contributed by atoms with Gasteiger partial charge in [0.05, 0.1) is 5.69 Å². The first-order valence-corrected chi connectivity index (χ1v) is 9.58. The molecule has 0 bridgehead atoms. The van der Waals surface area contributed by atoms with E-state index >= 15 is 0 Å². The van der Waals surface area contributed by atoms with E-state index in [0.717, 1.165) is 37.0 Å². The number of sulfonamides is 1.